The van der Waals surface area contributed by atoms with Crippen molar-refractivity contribution in [2.75, 3.05) is 32.7 Å². The minimum atomic E-state index is -0.659. The van der Waals surface area contributed by atoms with Gasteiger partial charge in [0.15, 0.2) is 5.82 Å². The SMILES string of the molecule is CNc1nc(-c2cccnc2)nc2c(OCCCOC)cc(-c3ccc(F)cc3F)cc12. The highest BCUT2D eigenvalue weighted by molar-refractivity contribution is 5.97. The van der Waals surface area contributed by atoms with E-state index in [4.69, 9.17) is 14.5 Å². The summed E-state index contributed by atoms with van der Waals surface area (Å²) in [6.45, 7) is 0.932. The van der Waals surface area contributed by atoms with Crippen molar-refractivity contribution in [3.63, 3.8) is 0 Å². The predicted octanol–water partition coefficient (Wildman–Crippen LogP) is 5.09. The van der Waals surface area contributed by atoms with Crippen LogP contribution in [0.4, 0.5) is 14.6 Å². The number of anilines is 1. The average Bonchev–Trinajstić information content (AvgIpc) is 2.81. The van der Waals surface area contributed by atoms with E-state index in [2.05, 4.69) is 15.3 Å². The Balaban J connectivity index is 1.90. The van der Waals surface area contributed by atoms with Gasteiger partial charge in [-0.05, 0) is 42.0 Å². The Morgan fingerprint density at radius 2 is 1.88 bits per heavy atom. The molecule has 164 valence electrons. The molecular weight excluding hydrogens is 414 g/mol. The Hall–Kier alpha value is -3.65. The lowest BCUT2D eigenvalue weighted by Crippen LogP contribution is -2.05. The van der Waals surface area contributed by atoms with Crippen molar-refractivity contribution < 1.29 is 18.3 Å². The van der Waals surface area contributed by atoms with Crippen LogP contribution < -0.4 is 10.1 Å². The molecule has 0 atom stereocenters. The van der Waals surface area contributed by atoms with E-state index in [-0.39, 0.29) is 5.56 Å². The number of rotatable bonds is 8. The second-order valence-electron chi connectivity index (χ2n) is 7.08. The van der Waals surface area contributed by atoms with Crippen LogP contribution in [0.5, 0.6) is 5.75 Å². The normalized spacial score (nSPS) is 11.0. The van der Waals surface area contributed by atoms with Crippen LogP contribution in [0, 0.1) is 11.6 Å². The van der Waals surface area contributed by atoms with Gasteiger partial charge >= 0.3 is 0 Å². The maximum absolute atomic E-state index is 14.5. The first kappa shape index (κ1) is 21.6. The van der Waals surface area contributed by atoms with Gasteiger partial charge in [0.2, 0.25) is 0 Å². The number of aromatic nitrogens is 3. The van der Waals surface area contributed by atoms with E-state index in [0.717, 1.165) is 11.6 Å². The third-order valence-electron chi connectivity index (χ3n) is 4.91. The molecular formula is C24H22F2N4O2. The van der Waals surface area contributed by atoms with Crippen LogP contribution in [-0.4, -0.2) is 42.3 Å². The van der Waals surface area contributed by atoms with Crippen molar-refractivity contribution in [3.05, 3.63) is 66.5 Å². The molecule has 32 heavy (non-hydrogen) atoms. The van der Waals surface area contributed by atoms with Crippen LogP contribution in [0.15, 0.2) is 54.9 Å². The molecule has 0 spiro atoms. The van der Waals surface area contributed by atoms with Gasteiger partial charge in [0, 0.05) is 62.2 Å². The average molecular weight is 436 g/mol. The van der Waals surface area contributed by atoms with Gasteiger partial charge in [0.05, 0.1) is 6.61 Å². The number of pyridine rings is 1. The number of halogens is 2. The first-order valence-corrected chi connectivity index (χ1v) is 10.1. The van der Waals surface area contributed by atoms with Crippen molar-refractivity contribution in [1.29, 1.82) is 0 Å². The molecule has 4 aromatic rings. The molecule has 0 amide bonds. The van der Waals surface area contributed by atoms with E-state index >= 15 is 0 Å². The van der Waals surface area contributed by atoms with Gasteiger partial charge in [0.1, 0.15) is 28.7 Å². The highest BCUT2D eigenvalue weighted by Crippen LogP contribution is 2.36. The Kier molecular flexibility index (Phi) is 6.51. The summed E-state index contributed by atoms with van der Waals surface area (Å²) in [6, 6.07) is 10.7. The molecule has 0 fully saturated rings. The lowest BCUT2D eigenvalue weighted by Gasteiger charge is -2.15. The molecule has 4 rings (SSSR count). The van der Waals surface area contributed by atoms with Crippen molar-refractivity contribution in [2.24, 2.45) is 0 Å². The first-order valence-electron chi connectivity index (χ1n) is 10.1. The van der Waals surface area contributed by atoms with Crippen LogP contribution in [0.25, 0.3) is 33.4 Å². The molecule has 0 saturated carbocycles. The summed E-state index contributed by atoms with van der Waals surface area (Å²) in [4.78, 5) is 13.5. The number of hydrogen-bond acceptors (Lipinski definition) is 6. The van der Waals surface area contributed by atoms with Gasteiger partial charge in [-0.3, -0.25) is 4.98 Å². The second kappa shape index (κ2) is 9.65. The third-order valence-corrected chi connectivity index (χ3v) is 4.91. The van der Waals surface area contributed by atoms with Crippen LogP contribution >= 0.6 is 0 Å². The summed E-state index contributed by atoms with van der Waals surface area (Å²) in [6.07, 6.45) is 4.03. The van der Waals surface area contributed by atoms with Crippen molar-refractivity contribution >= 4 is 16.7 Å². The van der Waals surface area contributed by atoms with Crippen LogP contribution in [-0.2, 0) is 4.74 Å². The molecule has 0 aliphatic heterocycles. The zero-order valence-electron chi connectivity index (χ0n) is 17.7. The molecule has 0 aliphatic carbocycles. The summed E-state index contributed by atoms with van der Waals surface area (Å²) in [5.41, 5.74) is 2.12. The Labute approximate surface area is 184 Å². The van der Waals surface area contributed by atoms with Crippen LogP contribution in [0.1, 0.15) is 6.42 Å². The first-order chi connectivity index (χ1) is 15.6. The zero-order valence-corrected chi connectivity index (χ0v) is 17.7. The number of hydrogen-bond donors (Lipinski definition) is 1. The molecule has 0 bridgehead atoms. The summed E-state index contributed by atoms with van der Waals surface area (Å²) in [5, 5.41) is 3.74. The smallest absolute Gasteiger partial charge is 0.163 e. The number of methoxy groups -OCH3 is 1. The number of nitrogens with zero attached hydrogens (tertiary/aromatic N) is 3. The fraction of sp³-hybridized carbons (Fsp3) is 0.208. The van der Waals surface area contributed by atoms with E-state index in [1.807, 2.05) is 12.1 Å². The number of benzene rings is 2. The topological polar surface area (TPSA) is 69.2 Å². The highest BCUT2D eigenvalue weighted by atomic mass is 19.1. The van der Waals surface area contributed by atoms with E-state index in [9.17, 15) is 8.78 Å². The summed E-state index contributed by atoms with van der Waals surface area (Å²) in [7, 11) is 3.37. The predicted molar refractivity (Wildman–Crippen MR) is 120 cm³/mol. The van der Waals surface area contributed by atoms with E-state index in [1.165, 1.54) is 12.1 Å². The molecule has 2 heterocycles. The Morgan fingerprint density at radius 1 is 1.00 bits per heavy atom. The van der Waals surface area contributed by atoms with Gasteiger partial charge in [-0.15, -0.1) is 0 Å². The summed E-state index contributed by atoms with van der Waals surface area (Å²) < 4.78 is 39.1. The maximum atomic E-state index is 14.5. The number of ether oxygens (including phenoxy) is 2. The molecule has 1 N–H and O–H groups in total. The molecule has 0 unspecified atom stereocenters. The largest absolute Gasteiger partial charge is 0.491 e. The minimum Gasteiger partial charge on any atom is -0.491 e. The summed E-state index contributed by atoms with van der Waals surface area (Å²) in [5.74, 6) is 0.218. The van der Waals surface area contributed by atoms with E-state index in [1.54, 1.807) is 38.7 Å². The lowest BCUT2D eigenvalue weighted by atomic mass is 10.0. The molecule has 8 heteroatoms. The maximum Gasteiger partial charge on any atom is 0.163 e. The Bertz CT molecular complexity index is 1240. The van der Waals surface area contributed by atoms with Gasteiger partial charge in [-0.25, -0.2) is 18.7 Å². The molecule has 6 nitrogen and oxygen atoms in total. The van der Waals surface area contributed by atoms with Crippen molar-refractivity contribution in [2.45, 2.75) is 6.42 Å². The quantitative estimate of drug-likeness (QED) is 0.388. The van der Waals surface area contributed by atoms with Gasteiger partial charge in [-0.2, -0.15) is 0 Å². The van der Waals surface area contributed by atoms with Gasteiger partial charge in [-0.1, -0.05) is 0 Å². The summed E-state index contributed by atoms with van der Waals surface area (Å²) >= 11 is 0. The van der Waals surface area contributed by atoms with Gasteiger partial charge in [0.25, 0.3) is 0 Å². The van der Waals surface area contributed by atoms with Crippen molar-refractivity contribution in [1.82, 2.24) is 15.0 Å². The fourth-order valence-corrected chi connectivity index (χ4v) is 3.39. The van der Waals surface area contributed by atoms with Crippen LogP contribution in [0.2, 0.25) is 0 Å². The Morgan fingerprint density at radius 3 is 2.59 bits per heavy atom. The highest BCUT2D eigenvalue weighted by Gasteiger charge is 2.17. The molecule has 2 aromatic heterocycles. The van der Waals surface area contributed by atoms with E-state index in [0.29, 0.717) is 53.5 Å². The monoisotopic (exact) mass is 436 g/mol. The standard InChI is InChI=1S/C24H22F2N4O2/c1-27-24-19-11-16(18-7-6-17(25)13-20(18)26)12-21(32-10-4-9-31-2)22(19)29-23(30-24)15-5-3-8-28-14-15/h3,5-8,11-14H,4,9-10H2,1-2H3,(H,27,29,30). The zero-order chi connectivity index (χ0) is 22.5. The molecule has 2 aromatic carbocycles. The number of nitrogens with one attached hydrogen (secondary N) is 1. The lowest BCUT2D eigenvalue weighted by molar-refractivity contribution is 0.172. The van der Waals surface area contributed by atoms with Gasteiger partial charge < -0.3 is 14.8 Å². The number of fused-ring (bicyclic) bond motifs is 1. The minimum absolute atomic E-state index is 0.258. The van der Waals surface area contributed by atoms with Crippen LogP contribution in [0.3, 0.4) is 0 Å². The van der Waals surface area contributed by atoms with Crippen molar-refractivity contribution in [3.8, 4) is 28.3 Å². The molecule has 0 saturated heterocycles. The van der Waals surface area contributed by atoms with E-state index < -0.39 is 11.6 Å². The fourth-order valence-electron chi connectivity index (χ4n) is 3.39. The second-order valence-corrected chi connectivity index (χ2v) is 7.08. The third kappa shape index (κ3) is 4.50. The molecule has 0 aliphatic rings. The molecule has 0 radical (unpaired) electrons.